The fourth-order valence-corrected chi connectivity index (χ4v) is 2.73. The lowest BCUT2D eigenvalue weighted by atomic mass is 9.99. The minimum atomic E-state index is -0.296. The molecule has 1 N–H and O–H groups in total. The molecule has 2 nitrogen and oxygen atoms in total. The highest BCUT2D eigenvalue weighted by molar-refractivity contribution is 9.10. The Morgan fingerprint density at radius 1 is 1.42 bits per heavy atom. The van der Waals surface area contributed by atoms with E-state index in [1.54, 1.807) is 19.3 Å². The minimum Gasteiger partial charge on any atom is -0.457 e. The minimum absolute atomic E-state index is 0.134. The molecular formula is C14H14BrClFNO. The van der Waals surface area contributed by atoms with Crippen molar-refractivity contribution in [1.29, 1.82) is 0 Å². The van der Waals surface area contributed by atoms with Crippen molar-refractivity contribution in [3.05, 3.63) is 56.7 Å². The third-order valence-corrected chi connectivity index (χ3v) is 3.93. The molecule has 0 aliphatic carbocycles. The molecule has 0 radical (unpaired) electrons. The molecule has 2 aromatic rings. The van der Waals surface area contributed by atoms with Crippen molar-refractivity contribution >= 4 is 27.5 Å². The molecule has 0 fully saturated rings. The molecule has 0 amide bonds. The van der Waals surface area contributed by atoms with Gasteiger partial charge in [0.15, 0.2) is 4.67 Å². The smallest absolute Gasteiger partial charge is 0.174 e. The summed E-state index contributed by atoms with van der Waals surface area (Å²) in [6, 6.07) is 4.85. The Kier molecular flexibility index (Phi) is 4.66. The lowest BCUT2D eigenvalue weighted by Gasteiger charge is -2.19. The summed E-state index contributed by atoms with van der Waals surface area (Å²) in [7, 11) is 0. The number of aryl methyl sites for hydroxylation is 1. The zero-order chi connectivity index (χ0) is 14.0. The highest BCUT2D eigenvalue weighted by Crippen LogP contribution is 2.34. The Hall–Kier alpha value is -0.840. The van der Waals surface area contributed by atoms with E-state index in [1.165, 1.54) is 6.07 Å². The van der Waals surface area contributed by atoms with E-state index < -0.39 is 0 Å². The molecule has 0 aliphatic heterocycles. The average molecular weight is 347 g/mol. The summed E-state index contributed by atoms with van der Waals surface area (Å²) in [4.78, 5) is 0. The van der Waals surface area contributed by atoms with Gasteiger partial charge < -0.3 is 9.73 Å². The summed E-state index contributed by atoms with van der Waals surface area (Å²) in [5, 5.41) is 3.74. The number of hydrogen-bond donors (Lipinski definition) is 1. The maximum Gasteiger partial charge on any atom is 0.174 e. The Balaban J connectivity index is 2.51. The molecule has 19 heavy (non-hydrogen) atoms. The molecule has 1 unspecified atom stereocenters. The number of nitrogens with one attached hydrogen (secondary N) is 1. The lowest BCUT2D eigenvalue weighted by Crippen LogP contribution is -2.22. The normalized spacial score (nSPS) is 12.7. The third-order valence-electron chi connectivity index (χ3n) is 2.95. The molecule has 0 saturated carbocycles. The van der Waals surface area contributed by atoms with E-state index >= 15 is 0 Å². The molecule has 1 atom stereocenters. The molecule has 0 aliphatic rings. The first kappa shape index (κ1) is 14.6. The van der Waals surface area contributed by atoms with Crippen LogP contribution in [0.25, 0.3) is 0 Å². The monoisotopic (exact) mass is 345 g/mol. The molecule has 0 saturated heterocycles. The van der Waals surface area contributed by atoms with Gasteiger partial charge in [0.1, 0.15) is 5.82 Å². The summed E-state index contributed by atoms with van der Waals surface area (Å²) < 4.78 is 19.4. The van der Waals surface area contributed by atoms with Gasteiger partial charge in [0.25, 0.3) is 0 Å². The van der Waals surface area contributed by atoms with Crippen LogP contribution in [0.2, 0.25) is 5.02 Å². The Bertz CT molecular complexity index is 585. The van der Waals surface area contributed by atoms with Crippen LogP contribution in [0.4, 0.5) is 4.39 Å². The van der Waals surface area contributed by atoms with Crippen molar-refractivity contribution in [3.8, 4) is 0 Å². The fraction of sp³-hybridized carbons (Fsp3) is 0.286. The van der Waals surface area contributed by atoms with Crippen LogP contribution >= 0.6 is 27.5 Å². The molecule has 1 heterocycles. The molecule has 0 bridgehead atoms. The van der Waals surface area contributed by atoms with Gasteiger partial charge in [-0.25, -0.2) is 4.39 Å². The summed E-state index contributed by atoms with van der Waals surface area (Å²) in [5.74, 6) is -0.296. The summed E-state index contributed by atoms with van der Waals surface area (Å²) >= 11 is 9.54. The Labute approximate surface area is 125 Å². The number of halogens is 3. The number of benzene rings is 1. The van der Waals surface area contributed by atoms with E-state index in [-0.39, 0.29) is 11.9 Å². The molecule has 1 aromatic carbocycles. The van der Waals surface area contributed by atoms with Crippen molar-refractivity contribution in [1.82, 2.24) is 5.32 Å². The first-order valence-electron chi connectivity index (χ1n) is 5.96. The summed E-state index contributed by atoms with van der Waals surface area (Å²) in [6.45, 7) is 4.49. The maximum atomic E-state index is 13.5. The topological polar surface area (TPSA) is 25.2 Å². The number of furan rings is 1. The zero-order valence-electron chi connectivity index (χ0n) is 10.6. The van der Waals surface area contributed by atoms with Gasteiger partial charge in [-0.15, -0.1) is 0 Å². The van der Waals surface area contributed by atoms with Crippen molar-refractivity contribution in [2.24, 2.45) is 0 Å². The second-order valence-corrected chi connectivity index (χ2v) is 5.39. The van der Waals surface area contributed by atoms with Crippen molar-refractivity contribution in [2.45, 2.75) is 19.9 Å². The second-order valence-electron chi connectivity index (χ2n) is 4.26. The summed E-state index contributed by atoms with van der Waals surface area (Å²) in [5.41, 5.74) is 2.35. The molecule has 1 aromatic heterocycles. The lowest BCUT2D eigenvalue weighted by molar-refractivity contribution is 0.526. The van der Waals surface area contributed by atoms with Gasteiger partial charge >= 0.3 is 0 Å². The van der Waals surface area contributed by atoms with Gasteiger partial charge in [-0.05, 0) is 58.7 Å². The van der Waals surface area contributed by atoms with Crippen LogP contribution in [-0.2, 0) is 0 Å². The van der Waals surface area contributed by atoms with E-state index in [4.69, 9.17) is 16.0 Å². The summed E-state index contributed by atoms with van der Waals surface area (Å²) in [6.07, 6.45) is 1.61. The Morgan fingerprint density at radius 3 is 2.74 bits per heavy atom. The van der Waals surface area contributed by atoms with E-state index in [0.29, 0.717) is 15.3 Å². The predicted molar refractivity (Wildman–Crippen MR) is 78.1 cm³/mol. The van der Waals surface area contributed by atoms with Gasteiger partial charge in [-0.3, -0.25) is 0 Å². The van der Waals surface area contributed by atoms with Gasteiger partial charge in [-0.2, -0.15) is 0 Å². The van der Waals surface area contributed by atoms with Crippen LogP contribution < -0.4 is 5.32 Å². The van der Waals surface area contributed by atoms with Gasteiger partial charge in [0, 0.05) is 10.6 Å². The third kappa shape index (κ3) is 3.02. The second kappa shape index (κ2) is 6.07. The highest BCUT2D eigenvalue weighted by Gasteiger charge is 2.21. The highest BCUT2D eigenvalue weighted by atomic mass is 79.9. The zero-order valence-corrected chi connectivity index (χ0v) is 13.0. The van der Waals surface area contributed by atoms with Crippen LogP contribution in [0, 0.1) is 12.7 Å². The quantitative estimate of drug-likeness (QED) is 0.857. The molecule has 2 rings (SSSR count). The van der Waals surface area contributed by atoms with Crippen molar-refractivity contribution in [3.63, 3.8) is 0 Å². The average Bonchev–Trinajstić information content (AvgIpc) is 2.77. The Morgan fingerprint density at radius 2 is 2.16 bits per heavy atom. The van der Waals surface area contributed by atoms with Crippen LogP contribution in [0.15, 0.2) is 33.5 Å². The number of hydrogen-bond acceptors (Lipinski definition) is 2. The van der Waals surface area contributed by atoms with E-state index in [0.717, 1.165) is 17.7 Å². The molecule has 102 valence electrons. The number of rotatable bonds is 4. The van der Waals surface area contributed by atoms with Crippen molar-refractivity contribution in [2.75, 3.05) is 6.54 Å². The van der Waals surface area contributed by atoms with E-state index in [2.05, 4.69) is 21.2 Å². The van der Waals surface area contributed by atoms with Gasteiger partial charge in [-0.1, -0.05) is 18.5 Å². The molecule has 5 heteroatoms. The molecule has 0 spiro atoms. The fourth-order valence-electron chi connectivity index (χ4n) is 2.00. The van der Waals surface area contributed by atoms with Crippen LogP contribution in [0.3, 0.4) is 0 Å². The SMILES string of the molecule is CCNC(c1cc(C)c(F)cc1Cl)c1ccoc1Br. The first-order valence-corrected chi connectivity index (χ1v) is 7.13. The standard InChI is InChI=1S/C14H14BrClFNO/c1-3-18-13(9-4-5-19-14(9)15)10-6-8(2)12(17)7-11(10)16/h4-7,13,18H,3H2,1-2H3. The predicted octanol–water partition coefficient (Wildman–Crippen LogP) is 4.84. The maximum absolute atomic E-state index is 13.5. The first-order chi connectivity index (χ1) is 9.04. The van der Waals surface area contributed by atoms with Gasteiger partial charge in [0.2, 0.25) is 0 Å². The van der Waals surface area contributed by atoms with Crippen LogP contribution in [0.1, 0.15) is 29.7 Å². The van der Waals surface area contributed by atoms with Crippen LogP contribution in [0.5, 0.6) is 0 Å². The molecular weight excluding hydrogens is 333 g/mol. The van der Waals surface area contributed by atoms with Crippen LogP contribution in [-0.4, -0.2) is 6.54 Å². The van der Waals surface area contributed by atoms with E-state index in [9.17, 15) is 4.39 Å². The largest absolute Gasteiger partial charge is 0.457 e. The van der Waals surface area contributed by atoms with Gasteiger partial charge in [0.05, 0.1) is 12.3 Å². The van der Waals surface area contributed by atoms with Crippen molar-refractivity contribution < 1.29 is 8.81 Å². The van der Waals surface area contributed by atoms with E-state index in [1.807, 2.05) is 13.0 Å².